The lowest BCUT2D eigenvalue weighted by molar-refractivity contribution is -0.115. The topological polar surface area (TPSA) is 104 Å². The first-order chi connectivity index (χ1) is 15.7. The van der Waals surface area contributed by atoms with Gasteiger partial charge in [0.15, 0.2) is 0 Å². The number of carbonyl (C=O) groups excluding carboxylic acids is 2. The minimum absolute atomic E-state index is 0.0195. The fourth-order valence-electron chi connectivity index (χ4n) is 3.34. The Balaban J connectivity index is 1.66. The van der Waals surface area contributed by atoms with E-state index in [2.05, 4.69) is 15.4 Å². The molecule has 0 fully saturated rings. The summed E-state index contributed by atoms with van der Waals surface area (Å²) < 4.78 is 28.2. The summed E-state index contributed by atoms with van der Waals surface area (Å²) in [6.07, 6.45) is 0. The summed E-state index contributed by atoms with van der Waals surface area (Å²) >= 11 is 0. The zero-order valence-electron chi connectivity index (χ0n) is 18.8. The van der Waals surface area contributed by atoms with Gasteiger partial charge in [-0.3, -0.25) is 9.59 Å². The largest absolute Gasteiger partial charge is 0.343 e. The highest BCUT2D eigenvalue weighted by Gasteiger charge is 2.19. The van der Waals surface area contributed by atoms with Crippen LogP contribution in [0.25, 0.3) is 0 Å². The number of carbonyl (C=O) groups is 2. The first-order valence-electron chi connectivity index (χ1n) is 10.5. The van der Waals surface area contributed by atoms with E-state index in [9.17, 15) is 18.0 Å². The molecule has 0 spiro atoms. The average molecular weight is 466 g/mol. The van der Waals surface area contributed by atoms with E-state index in [0.29, 0.717) is 11.3 Å². The first kappa shape index (κ1) is 24.2. The maximum absolute atomic E-state index is 12.8. The summed E-state index contributed by atoms with van der Waals surface area (Å²) in [4.78, 5) is 24.9. The van der Waals surface area contributed by atoms with Gasteiger partial charge in [0.2, 0.25) is 15.9 Å². The van der Waals surface area contributed by atoms with Crippen molar-refractivity contribution in [3.05, 3.63) is 94.5 Å². The number of aryl methyl sites for hydroxylation is 3. The van der Waals surface area contributed by atoms with Crippen LogP contribution in [0.1, 0.15) is 32.6 Å². The van der Waals surface area contributed by atoms with Crippen molar-refractivity contribution in [1.82, 2.24) is 10.0 Å². The number of hydrogen-bond donors (Lipinski definition) is 3. The maximum atomic E-state index is 12.8. The molecule has 0 heterocycles. The predicted octanol–water partition coefficient (Wildman–Crippen LogP) is 3.46. The number of hydrogen-bond acceptors (Lipinski definition) is 4. The van der Waals surface area contributed by atoms with Crippen LogP contribution in [-0.2, 0) is 21.4 Å². The Morgan fingerprint density at radius 3 is 2.15 bits per heavy atom. The van der Waals surface area contributed by atoms with E-state index in [1.807, 2.05) is 62.4 Å². The van der Waals surface area contributed by atoms with Crippen LogP contribution in [0.2, 0.25) is 0 Å². The van der Waals surface area contributed by atoms with Gasteiger partial charge >= 0.3 is 0 Å². The number of rotatable bonds is 8. The lowest BCUT2D eigenvalue weighted by Gasteiger charge is -2.13. The van der Waals surface area contributed by atoms with Gasteiger partial charge in [-0.2, -0.15) is 0 Å². The fourth-order valence-corrected chi connectivity index (χ4v) is 4.63. The molecule has 0 saturated heterocycles. The molecule has 0 aromatic heterocycles. The summed E-state index contributed by atoms with van der Waals surface area (Å²) in [5.74, 6) is -0.906. The highest BCUT2D eigenvalue weighted by atomic mass is 32.2. The van der Waals surface area contributed by atoms with E-state index in [4.69, 9.17) is 0 Å². The third kappa shape index (κ3) is 6.27. The lowest BCUT2D eigenvalue weighted by atomic mass is 10.1. The number of sulfonamides is 1. The summed E-state index contributed by atoms with van der Waals surface area (Å²) in [7, 11) is -3.84. The molecule has 0 radical (unpaired) electrons. The van der Waals surface area contributed by atoms with Crippen LogP contribution in [0.15, 0.2) is 71.6 Å². The van der Waals surface area contributed by atoms with Crippen LogP contribution in [0.4, 0.5) is 5.69 Å². The molecule has 172 valence electrons. The molecular formula is C25H27N3O4S. The first-order valence-corrected chi connectivity index (χ1v) is 11.9. The second-order valence-corrected chi connectivity index (χ2v) is 9.52. The van der Waals surface area contributed by atoms with Crippen molar-refractivity contribution in [3.8, 4) is 0 Å². The van der Waals surface area contributed by atoms with Gasteiger partial charge in [0, 0.05) is 17.8 Å². The van der Waals surface area contributed by atoms with Gasteiger partial charge in [0.1, 0.15) is 0 Å². The quantitative estimate of drug-likeness (QED) is 0.474. The smallest absolute Gasteiger partial charge is 0.251 e. The number of benzene rings is 3. The molecule has 0 aliphatic heterocycles. The van der Waals surface area contributed by atoms with Gasteiger partial charge in [-0.15, -0.1) is 0 Å². The van der Waals surface area contributed by atoms with Crippen LogP contribution in [0.5, 0.6) is 0 Å². The van der Waals surface area contributed by atoms with Gasteiger partial charge in [0.25, 0.3) is 5.91 Å². The van der Waals surface area contributed by atoms with Crippen LogP contribution in [0.3, 0.4) is 0 Å². The van der Waals surface area contributed by atoms with Gasteiger partial charge in [-0.25, -0.2) is 13.1 Å². The second-order valence-electron chi connectivity index (χ2n) is 7.79. The molecule has 0 saturated carbocycles. The Bertz CT molecular complexity index is 1250. The van der Waals surface area contributed by atoms with E-state index < -0.39 is 15.9 Å². The lowest BCUT2D eigenvalue weighted by Crippen LogP contribution is -2.33. The van der Waals surface area contributed by atoms with Crippen LogP contribution in [-0.4, -0.2) is 26.8 Å². The third-order valence-corrected chi connectivity index (χ3v) is 6.75. The van der Waals surface area contributed by atoms with Crippen LogP contribution >= 0.6 is 0 Å². The zero-order chi connectivity index (χ0) is 24.0. The van der Waals surface area contributed by atoms with Gasteiger partial charge in [-0.1, -0.05) is 54.6 Å². The third-order valence-electron chi connectivity index (χ3n) is 5.20. The number of nitrogens with one attached hydrogen (secondary N) is 3. The van der Waals surface area contributed by atoms with E-state index >= 15 is 0 Å². The molecule has 8 heteroatoms. The molecular weight excluding hydrogens is 438 g/mol. The number of para-hydroxylation sites is 1. The molecule has 7 nitrogen and oxygen atoms in total. The molecule has 0 aliphatic carbocycles. The Morgan fingerprint density at radius 1 is 0.818 bits per heavy atom. The Labute approximate surface area is 194 Å². The van der Waals surface area contributed by atoms with Crippen molar-refractivity contribution < 1.29 is 18.0 Å². The molecule has 3 aromatic rings. The monoisotopic (exact) mass is 465 g/mol. The molecule has 0 atom stereocenters. The van der Waals surface area contributed by atoms with E-state index in [1.54, 1.807) is 13.0 Å². The van der Waals surface area contributed by atoms with Gasteiger partial charge < -0.3 is 10.6 Å². The van der Waals surface area contributed by atoms with E-state index in [1.165, 1.54) is 12.1 Å². The summed E-state index contributed by atoms with van der Waals surface area (Å²) in [6.45, 7) is 5.34. The molecule has 3 rings (SSSR count). The molecule has 0 aliphatic rings. The predicted molar refractivity (Wildman–Crippen MR) is 129 cm³/mol. The van der Waals surface area contributed by atoms with Crippen molar-refractivity contribution in [3.63, 3.8) is 0 Å². The molecule has 0 bridgehead atoms. The standard InChI is InChI=1S/C25H27N3O4S/c1-17-12-13-21(14-22(17)33(31,32)27-15-20-10-5-4-6-11-20)25(30)26-16-23(29)28-24-18(2)8-7-9-19(24)3/h4-14,27H,15-16H2,1-3H3,(H,26,30)(H,28,29). The molecule has 0 unspecified atom stereocenters. The molecule has 3 N–H and O–H groups in total. The Morgan fingerprint density at radius 2 is 1.48 bits per heavy atom. The number of amides is 2. The van der Waals surface area contributed by atoms with Crippen molar-refractivity contribution in [2.24, 2.45) is 0 Å². The molecule has 33 heavy (non-hydrogen) atoms. The molecule has 2 amide bonds. The second kappa shape index (κ2) is 10.4. The van der Waals surface area contributed by atoms with Crippen molar-refractivity contribution >= 4 is 27.5 Å². The summed E-state index contributed by atoms with van der Waals surface area (Å²) in [5.41, 5.74) is 4.05. The van der Waals surface area contributed by atoms with Gasteiger partial charge in [-0.05, 0) is 55.2 Å². The number of anilines is 1. The highest BCUT2D eigenvalue weighted by molar-refractivity contribution is 7.89. The Hall–Kier alpha value is -3.49. The highest BCUT2D eigenvalue weighted by Crippen LogP contribution is 2.20. The minimum atomic E-state index is -3.84. The van der Waals surface area contributed by atoms with Gasteiger partial charge in [0.05, 0.1) is 11.4 Å². The van der Waals surface area contributed by atoms with Crippen molar-refractivity contribution in [1.29, 1.82) is 0 Å². The summed E-state index contributed by atoms with van der Waals surface area (Å²) in [6, 6.07) is 19.3. The van der Waals surface area contributed by atoms with E-state index in [0.717, 1.165) is 16.7 Å². The van der Waals surface area contributed by atoms with Crippen molar-refractivity contribution in [2.75, 3.05) is 11.9 Å². The van der Waals surface area contributed by atoms with Crippen LogP contribution in [0, 0.1) is 20.8 Å². The normalized spacial score (nSPS) is 11.1. The zero-order valence-corrected chi connectivity index (χ0v) is 19.6. The minimum Gasteiger partial charge on any atom is -0.343 e. The van der Waals surface area contributed by atoms with E-state index in [-0.39, 0.29) is 29.5 Å². The fraction of sp³-hybridized carbons (Fsp3) is 0.200. The maximum Gasteiger partial charge on any atom is 0.251 e. The summed E-state index contributed by atoms with van der Waals surface area (Å²) in [5, 5.41) is 5.35. The van der Waals surface area contributed by atoms with Crippen molar-refractivity contribution in [2.45, 2.75) is 32.2 Å². The average Bonchev–Trinajstić information content (AvgIpc) is 2.79. The SMILES string of the molecule is Cc1ccc(C(=O)NCC(=O)Nc2c(C)cccc2C)cc1S(=O)(=O)NCc1ccccc1. The Kier molecular flexibility index (Phi) is 7.63. The van der Waals surface area contributed by atoms with Crippen LogP contribution < -0.4 is 15.4 Å². The molecule has 3 aromatic carbocycles.